The lowest BCUT2D eigenvalue weighted by atomic mass is 10.0. The second-order valence-electron chi connectivity index (χ2n) is 6.59. The number of benzene rings is 2. The van der Waals surface area contributed by atoms with Crippen LogP contribution in [0.25, 0.3) is 0 Å². The first kappa shape index (κ1) is 20.4. The molecule has 0 radical (unpaired) electrons. The molecule has 0 spiro atoms. The third-order valence-corrected chi connectivity index (χ3v) is 6.59. The van der Waals surface area contributed by atoms with Crippen LogP contribution in [-0.2, 0) is 0 Å². The number of thioether (sulfide) groups is 2. The van der Waals surface area contributed by atoms with Gasteiger partial charge in [0.2, 0.25) is 0 Å². The van der Waals surface area contributed by atoms with Gasteiger partial charge in [-0.1, -0.05) is 55.8 Å². The molecule has 0 heterocycles. The van der Waals surface area contributed by atoms with E-state index >= 15 is 0 Å². The summed E-state index contributed by atoms with van der Waals surface area (Å²) >= 11 is 4.04. The van der Waals surface area contributed by atoms with Crippen molar-refractivity contribution in [2.24, 2.45) is 0 Å². The second kappa shape index (κ2) is 11.7. The summed E-state index contributed by atoms with van der Waals surface area (Å²) in [5.74, 6) is 2.40. The molecule has 0 unspecified atom stereocenters. The summed E-state index contributed by atoms with van der Waals surface area (Å²) in [6.07, 6.45) is 3.79. The van der Waals surface area contributed by atoms with Crippen molar-refractivity contribution in [1.82, 2.24) is 4.90 Å². The molecule has 0 saturated carbocycles. The number of hydrogen-bond donors (Lipinski definition) is 0. The number of hydrogen-bond acceptors (Lipinski definition) is 3. The van der Waals surface area contributed by atoms with Crippen LogP contribution < -0.4 is 0 Å². The Labute approximate surface area is 162 Å². The first-order valence-electron chi connectivity index (χ1n) is 9.24. The van der Waals surface area contributed by atoms with Crippen LogP contribution in [0, 0.1) is 0 Å². The van der Waals surface area contributed by atoms with Gasteiger partial charge in [-0.05, 0) is 68.2 Å². The summed E-state index contributed by atoms with van der Waals surface area (Å²) in [5, 5.41) is 0.429. The van der Waals surface area contributed by atoms with E-state index in [0.29, 0.717) is 5.25 Å². The Balaban J connectivity index is 2.04. The third kappa shape index (κ3) is 7.47. The van der Waals surface area contributed by atoms with E-state index in [1.165, 1.54) is 46.8 Å². The SMILES string of the molecule is CCCCSc1ccc([C@@H](SCCCN(C)C)c2ccccc2)cc1. The second-order valence-corrected chi connectivity index (χ2v) is 8.97. The fourth-order valence-corrected chi connectivity index (χ4v) is 4.90. The van der Waals surface area contributed by atoms with E-state index < -0.39 is 0 Å². The Kier molecular flexibility index (Phi) is 9.52. The van der Waals surface area contributed by atoms with Gasteiger partial charge in [-0.2, -0.15) is 0 Å². The molecule has 1 nitrogen and oxygen atoms in total. The van der Waals surface area contributed by atoms with E-state index in [1.54, 1.807) is 0 Å². The number of nitrogens with zero attached hydrogens (tertiary/aromatic N) is 1. The topological polar surface area (TPSA) is 3.24 Å². The van der Waals surface area contributed by atoms with Gasteiger partial charge in [0.25, 0.3) is 0 Å². The highest BCUT2D eigenvalue weighted by molar-refractivity contribution is 7.99. The standard InChI is InChI=1S/C22H31NS2/c1-4-5-17-24-21-14-12-20(13-15-21)22(19-10-7-6-8-11-19)25-18-9-16-23(2)3/h6-8,10-15,22H,4-5,9,16-18H2,1-3H3/t22-/m0/s1. The predicted molar refractivity (Wildman–Crippen MR) is 116 cm³/mol. The molecule has 1 atom stereocenters. The van der Waals surface area contributed by atoms with Crippen molar-refractivity contribution in [2.75, 3.05) is 32.1 Å². The summed E-state index contributed by atoms with van der Waals surface area (Å²) in [6, 6.07) is 20.2. The monoisotopic (exact) mass is 373 g/mol. The highest BCUT2D eigenvalue weighted by Crippen LogP contribution is 2.36. The zero-order valence-electron chi connectivity index (χ0n) is 15.8. The molecule has 0 aliphatic carbocycles. The van der Waals surface area contributed by atoms with Crippen molar-refractivity contribution in [3.63, 3.8) is 0 Å². The molecule has 136 valence electrons. The smallest absolute Gasteiger partial charge is 0.0546 e. The number of unbranched alkanes of at least 4 members (excludes halogenated alkanes) is 1. The zero-order valence-corrected chi connectivity index (χ0v) is 17.4. The van der Waals surface area contributed by atoms with Crippen LogP contribution in [0.3, 0.4) is 0 Å². The Morgan fingerprint density at radius 2 is 1.52 bits per heavy atom. The Bertz CT molecular complexity index is 581. The van der Waals surface area contributed by atoms with Gasteiger partial charge >= 0.3 is 0 Å². The van der Waals surface area contributed by atoms with Gasteiger partial charge in [-0.3, -0.25) is 0 Å². The average molecular weight is 374 g/mol. The summed E-state index contributed by atoms with van der Waals surface area (Å²) in [7, 11) is 4.29. The summed E-state index contributed by atoms with van der Waals surface area (Å²) in [6.45, 7) is 3.41. The van der Waals surface area contributed by atoms with Crippen LogP contribution in [0.4, 0.5) is 0 Å². The Morgan fingerprint density at radius 3 is 2.16 bits per heavy atom. The summed E-state index contributed by atoms with van der Waals surface area (Å²) in [5.41, 5.74) is 2.82. The van der Waals surface area contributed by atoms with Gasteiger partial charge in [-0.15, -0.1) is 23.5 Å². The maximum absolute atomic E-state index is 2.32. The van der Waals surface area contributed by atoms with Crippen molar-refractivity contribution in [1.29, 1.82) is 0 Å². The Morgan fingerprint density at radius 1 is 0.840 bits per heavy atom. The largest absolute Gasteiger partial charge is 0.309 e. The highest BCUT2D eigenvalue weighted by Gasteiger charge is 2.14. The minimum atomic E-state index is 0.429. The molecule has 25 heavy (non-hydrogen) atoms. The third-order valence-electron chi connectivity index (χ3n) is 4.09. The maximum atomic E-state index is 2.32. The van der Waals surface area contributed by atoms with E-state index in [4.69, 9.17) is 0 Å². The molecule has 3 heteroatoms. The van der Waals surface area contributed by atoms with E-state index in [1.807, 2.05) is 11.8 Å². The van der Waals surface area contributed by atoms with Crippen LogP contribution in [-0.4, -0.2) is 37.0 Å². The van der Waals surface area contributed by atoms with Crippen molar-refractivity contribution in [3.8, 4) is 0 Å². The number of rotatable bonds is 11. The normalized spacial score (nSPS) is 12.5. The molecule has 0 N–H and O–H groups in total. The van der Waals surface area contributed by atoms with E-state index in [2.05, 4.69) is 92.3 Å². The van der Waals surface area contributed by atoms with E-state index in [9.17, 15) is 0 Å². The van der Waals surface area contributed by atoms with Gasteiger partial charge < -0.3 is 4.90 Å². The van der Waals surface area contributed by atoms with E-state index in [0.717, 1.165) is 6.54 Å². The molecule has 0 fully saturated rings. The lowest BCUT2D eigenvalue weighted by Gasteiger charge is -2.19. The van der Waals surface area contributed by atoms with Crippen molar-refractivity contribution < 1.29 is 0 Å². The molecule has 2 aromatic carbocycles. The predicted octanol–water partition coefficient (Wildman–Crippen LogP) is 6.35. The highest BCUT2D eigenvalue weighted by atomic mass is 32.2. The van der Waals surface area contributed by atoms with Gasteiger partial charge in [0.1, 0.15) is 0 Å². The molecule has 0 aromatic heterocycles. The molecule has 2 aromatic rings. The average Bonchev–Trinajstić information content (AvgIpc) is 2.63. The van der Waals surface area contributed by atoms with Crippen molar-refractivity contribution in [3.05, 3.63) is 65.7 Å². The lowest BCUT2D eigenvalue weighted by Crippen LogP contribution is -2.13. The molecule has 2 rings (SSSR count). The van der Waals surface area contributed by atoms with Crippen LogP contribution in [0.1, 0.15) is 42.6 Å². The minimum Gasteiger partial charge on any atom is -0.309 e. The van der Waals surface area contributed by atoms with Crippen molar-refractivity contribution >= 4 is 23.5 Å². The van der Waals surface area contributed by atoms with Gasteiger partial charge in [0, 0.05) is 4.90 Å². The van der Waals surface area contributed by atoms with Gasteiger partial charge in [0.05, 0.1) is 5.25 Å². The molecular weight excluding hydrogens is 342 g/mol. The first-order chi connectivity index (χ1) is 12.2. The van der Waals surface area contributed by atoms with Crippen LogP contribution in [0.15, 0.2) is 59.5 Å². The molecule has 0 amide bonds. The van der Waals surface area contributed by atoms with Crippen LogP contribution in [0.5, 0.6) is 0 Å². The molecule has 0 bridgehead atoms. The van der Waals surface area contributed by atoms with E-state index in [-0.39, 0.29) is 0 Å². The molecular formula is C22H31NS2. The van der Waals surface area contributed by atoms with Crippen LogP contribution in [0.2, 0.25) is 0 Å². The molecule has 0 saturated heterocycles. The summed E-state index contributed by atoms with van der Waals surface area (Å²) < 4.78 is 0. The van der Waals surface area contributed by atoms with Gasteiger partial charge in [-0.25, -0.2) is 0 Å². The van der Waals surface area contributed by atoms with Crippen LogP contribution >= 0.6 is 23.5 Å². The summed E-state index contributed by atoms with van der Waals surface area (Å²) in [4.78, 5) is 3.65. The quantitative estimate of drug-likeness (QED) is 0.333. The molecule has 0 aliphatic heterocycles. The van der Waals surface area contributed by atoms with Gasteiger partial charge in [0.15, 0.2) is 0 Å². The zero-order chi connectivity index (χ0) is 17.9. The fourth-order valence-electron chi connectivity index (χ4n) is 2.67. The first-order valence-corrected chi connectivity index (χ1v) is 11.3. The molecule has 0 aliphatic rings. The lowest BCUT2D eigenvalue weighted by molar-refractivity contribution is 0.410. The van der Waals surface area contributed by atoms with Crippen molar-refractivity contribution in [2.45, 2.75) is 36.3 Å². The Hall–Kier alpha value is -0.900. The maximum Gasteiger partial charge on any atom is 0.0546 e. The minimum absolute atomic E-state index is 0.429. The fraction of sp³-hybridized carbons (Fsp3) is 0.455.